The molecule has 36 heavy (non-hydrogen) atoms. The summed E-state index contributed by atoms with van der Waals surface area (Å²) in [5.74, 6) is 0. The smallest absolute Gasteiger partial charge is 0.227 e. The molecule has 170 valence electrons. The Morgan fingerprint density at radius 2 is 1.42 bits per heavy atom. The average Bonchev–Trinajstić information content (AvgIpc) is 3.32. The number of rotatable bonds is 3. The number of pyridine rings is 3. The third-order valence-electron chi connectivity index (χ3n) is 6.51. The Morgan fingerprint density at radius 3 is 2.28 bits per heavy atom. The zero-order valence-electron chi connectivity index (χ0n) is 19.0. The van der Waals surface area contributed by atoms with Crippen LogP contribution in [0.1, 0.15) is 0 Å². The van der Waals surface area contributed by atoms with Crippen LogP contribution in [-0.2, 0) is 0 Å². The molecule has 0 N–H and O–H groups in total. The van der Waals surface area contributed by atoms with Gasteiger partial charge in [0.1, 0.15) is 5.58 Å². The first-order valence-corrected chi connectivity index (χ1v) is 12.7. The second-order valence-corrected chi connectivity index (χ2v) is 9.96. The lowest BCUT2D eigenvalue weighted by atomic mass is 10.0. The number of para-hydroxylation sites is 1. The van der Waals surface area contributed by atoms with Gasteiger partial charge in [0.2, 0.25) is 5.71 Å². The van der Waals surface area contributed by atoms with E-state index in [2.05, 4.69) is 88.2 Å². The van der Waals surface area contributed by atoms with Crippen LogP contribution in [0.5, 0.6) is 0 Å². The number of aromatic nitrogens is 3. The fourth-order valence-electron chi connectivity index (χ4n) is 4.66. The molecule has 7 rings (SSSR count). The molecule has 4 aromatic heterocycles. The van der Waals surface area contributed by atoms with Gasteiger partial charge in [-0.25, -0.2) is 4.98 Å². The predicted octanol–water partition coefficient (Wildman–Crippen LogP) is 8.53. The van der Waals surface area contributed by atoms with Crippen molar-refractivity contribution in [3.63, 3.8) is 0 Å². The molecule has 0 spiro atoms. The van der Waals surface area contributed by atoms with Crippen LogP contribution < -0.4 is 0 Å². The molecule has 7 aromatic rings. The molecule has 0 aliphatic carbocycles. The molecule has 0 atom stereocenters. The average molecular weight is 575 g/mol. The van der Waals surface area contributed by atoms with Gasteiger partial charge in [-0.05, 0) is 82.2 Å². The van der Waals surface area contributed by atoms with E-state index in [1.807, 2.05) is 42.7 Å². The second-order valence-electron chi connectivity index (χ2n) is 8.71. The maximum Gasteiger partial charge on any atom is 0.227 e. The van der Waals surface area contributed by atoms with Crippen molar-refractivity contribution in [3.05, 3.63) is 113 Å². The highest BCUT2D eigenvalue weighted by atomic mass is 127. The van der Waals surface area contributed by atoms with E-state index < -0.39 is 0 Å². The van der Waals surface area contributed by atoms with E-state index in [-0.39, 0.29) is 0 Å². The predicted molar refractivity (Wildman–Crippen MR) is 154 cm³/mol. The molecule has 0 saturated carbocycles. The molecule has 0 amide bonds. The third-order valence-corrected chi connectivity index (χ3v) is 7.23. The summed E-state index contributed by atoms with van der Waals surface area (Å²) < 4.78 is 7.31. The molecule has 3 aromatic carbocycles. The molecule has 0 unspecified atom stereocenters. The van der Waals surface area contributed by atoms with Crippen molar-refractivity contribution in [1.29, 1.82) is 0 Å². The molecular weight excluding hydrogens is 557 g/mol. The molecule has 0 fully saturated rings. The normalized spacial score (nSPS) is 11.5. The van der Waals surface area contributed by atoms with Crippen LogP contribution in [0.4, 0.5) is 0 Å². The van der Waals surface area contributed by atoms with Gasteiger partial charge in [-0.2, -0.15) is 0 Å². The SMILES string of the molecule is Ic1ccc(-c2ccc3cc(-c4ccc(-c5cccc6c5oc5ncccc56)nc4)cnc3c2)cc1. The Kier molecular flexibility index (Phi) is 5.03. The summed E-state index contributed by atoms with van der Waals surface area (Å²) >= 11 is 2.33. The summed E-state index contributed by atoms with van der Waals surface area (Å²) in [5.41, 5.74) is 8.66. The van der Waals surface area contributed by atoms with E-state index in [1.54, 1.807) is 6.20 Å². The van der Waals surface area contributed by atoms with Crippen LogP contribution in [0, 0.1) is 3.57 Å². The lowest BCUT2D eigenvalue weighted by molar-refractivity contribution is 0.655. The maximum atomic E-state index is 6.09. The number of fused-ring (bicyclic) bond motifs is 4. The number of benzene rings is 3. The molecule has 0 aliphatic heterocycles. The Balaban J connectivity index is 1.23. The minimum Gasteiger partial charge on any atom is -0.437 e. The van der Waals surface area contributed by atoms with E-state index in [0.29, 0.717) is 5.71 Å². The van der Waals surface area contributed by atoms with Gasteiger partial charge in [0.25, 0.3) is 0 Å². The molecule has 4 heterocycles. The van der Waals surface area contributed by atoms with Gasteiger partial charge in [0, 0.05) is 55.0 Å². The summed E-state index contributed by atoms with van der Waals surface area (Å²) in [6.45, 7) is 0. The van der Waals surface area contributed by atoms with Gasteiger partial charge in [-0.15, -0.1) is 0 Å². The van der Waals surface area contributed by atoms with Crippen molar-refractivity contribution in [2.24, 2.45) is 0 Å². The quantitative estimate of drug-likeness (QED) is 0.198. The molecular formula is C31H18IN3O. The third kappa shape index (κ3) is 3.63. The molecule has 0 aliphatic rings. The van der Waals surface area contributed by atoms with E-state index in [0.717, 1.165) is 49.6 Å². The van der Waals surface area contributed by atoms with E-state index in [1.165, 1.54) is 14.7 Å². The number of hydrogen-bond acceptors (Lipinski definition) is 4. The van der Waals surface area contributed by atoms with Crippen molar-refractivity contribution in [2.45, 2.75) is 0 Å². The topological polar surface area (TPSA) is 51.8 Å². The van der Waals surface area contributed by atoms with E-state index >= 15 is 0 Å². The fraction of sp³-hybridized carbons (Fsp3) is 0. The van der Waals surface area contributed by atoms with Crippen molar-refractivity contribution in [2.75, 3.05) is 0 Å². The molecule has 0 radical (unpaired) electrons. The largest absolute Gasteiger partial charge is 0.437 e. The van der Waals surface area contributed by atoms with Gasteiger partial charge in [-0.1, -0.05) is 42.5 Å². The van der Waals surface area contributed by atoms with Gasteiger partial charge in [0.05, 0.1) is 11.2 Å². The highest BCUT2D eigenvalue weighted by molar-refractivity contribution is 14.1. The van der Waals surface area contributed by atoms with E-state index in [9.17, 15) is 0 Å². The molecule has 5 heteroatoms. The fourth-order valence-corrected chi connectivity index (χ4v) is 5.02. The Hall–Kier alpha value is -4.10. The Labute approximate surface area is 220 Å². The highest BCUT2D eigenvalue weighted by Gasteiger charge is 2.13. The monoisotopic (exact) mass is 575 g/mol. The first-order valence-electron chi connectivity index (χ1n) is 11.6. The molecule has 4 nitrogen and oxygen atoms in total. The molecule has 0 bridgehead atoms. The van der Waals surface area contributed by atoms with Crippen molar-refractivity contribution in [3.8, 4) is 33.5 Å². The van der Waals surface area contributed by atoms with Gasteiger partial charge in [-0.3, -0.25) is 9.97 Å². The minimum atomic E-state index is 0.643. The van der Waals surface area contributed by atoms with E-state index in [4.69, 9.17) is 14.4 Å². The van der Waals surface area contributed by atoms with Crippen LogP contribution in [0.3, 0.4) is 0 Å². The minimum absolute atomic E-state index is 0.643. The number of halogens is 1. The summed E-state index contributed by atoms with van der Waals surface area (Å²) in [6, 6.07) is 31.4. The first kappa shape index (κ1) is 21.2. The van der Waals surface area contributed by atoms with Gasteiger partial charge >= 0.3 is 0 Å². The number of furan rings is 1. The second kappa shape index (κ2) is 8.53. The highest BCUT2D eigenvalue weighted by Crippen LogP contribution is 2.35. The molecule has 0 saturated heterocycles. The van der Waals surface area contributed by atoms with Gasteiger partial charge < -0.3 is 4.42 Å². The Bertz CT molecular complexity index is 1890. The summed E-state index contributed by atoms with van der Waals surface area (Å²) in [7, 11) is 0. The standard InChI is InChI=1S/C31H18IN3O/c32-24-11-8-19(9-12-24)20-6-7-21-15-23(18-35-29(21)16-20)22-10-13-28(34-17-22)27-4-1-3-25-26-5-2-14-33-31(26)36-30(25)27/h1-18H. The van der Waals surface area contributed by atoms with Crippen molar-refractivity contribution in [1.82, 2.24) is 15.0 Å². The van der Waals surface area contributed by atoms with Crippen LogP contribution in [0.2, 0.25) is 0 Å². The zero-order valence-corrected chi connectivity index (χ0v) is 21.2. The Morgan fingerprint density at radius 1 is 0.611 bits per heavy atom. The summed E-state index contributed by atoms with van der Waals surface area (Å²) in [4.78, 5) is 13.9. The van der Waals surface area contributed by atoms with Gasteiger partial charge in [0.15, 0.2) is 0 Å². The van der Waals surface area contributed by atoms with Crippen LogP contribution in [0.25, 0.3) is 66.5 Å². The van der Waals surface area contributed by atoms with Crippen molar-refractivity contribution >= 4 is 55.6 Å². The summed E-state index contributed by atoms with van der Waals surface area (Å²) in [6.07, 6.45) is 5.57. The number of hydrogen-bond donors (Lipinski definition) is 0. The van der Waals surface area contributed by atoms with Crippen LogP contribution in [-0.4, -0.2) is 15.0 Å². The van der Waals surface area contributed by atoms with Crippen LogP contribution >= 0.6 is 22.6 Å². The van der Waals surface area contributed by atoms with Crippen LogP contribution in [0.15, 0.2) is 114 Å². The first-order chi connectivity index (χ1) is 17.7. The maximum absolute atomic E-state index is 6.09. The van der Waals surface area contributed by atoms with Crippen molar-refractivity contribution < 1.29 is 4.42 Å². The number of nitrogens with zero attached hydrogens (tertiary/aromatic N) is 3. The summed E-state index contributed by atoms with van der Waals surface area (Å²) in [5, 5.41) is 3.16. The lowest BCUT2D eigenvalue weighted by Gasteiger charge is -2.07. The zero-order chi connectivity index (χ0) is 24.1. The lowest BCUT2D eigenvalue weighted by Crippen LogP contribution is -1.88.